The third-order valence-electron chi connectivity index (χ3n) is 3.87. The fourth-order valence-corrected chi connectivity index (χ4v) is 2.66. The molecule has 7 heteroatoms. The van der Waals surface area contributed by atoms with Crippen LogP contribution in [0.15, 0.2) is 28.0 Å². The van der Waals surface area contributed by atoms with Gasteiger partial charge in [0, 0.05) is 26.3 Å². The summed E-state index contributed by atoms with van der Waals surface area (Å²) in [5.74, 6) is 0.442. The average Bonchev–Trinajstić information content (AvgIpc) is 3.18. The zero-order chi connectivity index (χ0) is 14.9. The number of oxime groups is 1. The number of amides is 2. The predicted octanol–water partition coefficient (Wildman–Crippen LogP) is 0.663. The van der Waals surface area contributed by atoms with E-state index in [0.29, 0.717) is 43.9 Å². The van der Waals surface area contributed by atoms with Gasteiger partial charge >= 0.3 is 0 Å². The number of nitrogens with zero attached hydrogens (tertiary/aromatic N) is 2. The van der Waals surface area contributed by atoms with E-state index < -0.39 is 5.60 Å². The van der Waals surface area contributed by atoms with Gasteiger partial charge in [-0.05, 0) is 12.1 Å². The highest BCUT2D eigenvalue weighted by molar-refractivity contribution is 6.39. The van der Waals surface area contributed by atoms with Crippen molar-refractivity contribution in [1.29, 1.82) is 0 Å². The summed E-state index contributed by atoms with van der Waals surface area (Å²) in [6.07, 6.45) is 2.69. The van der Waals surface area contributed by atoms with E-state index in [1.54, 1.807) is 23.3 Å². The molecule has 21 heavy (non-hydrogen) atoms. The van der Waals surface area contributed by atoms with Gasteiger partial charge in [0.2, 0.25) is 5.91 Å². The minimum absolute atomic E-state index is 0.0196. The third-order valence-corrected chi connectivity index (χ3v) is 3.87. The van der Waals surface area contributed by atoms with Gasteiger partial charge in [0.25, 0.3) is 5.91 Å². The van der Waals surface area contributed by atoms with Gasteiger partial charge in [-0.15, -0.1) is 0 Å². The van der Waals surface area contributed by atoms with Crippen molar-refractivity contribution in [1.82, 2.24) is 10.2 Å². The number of hydrogen-bond donors (Lipinski definition) is 1. The molecule has 1 aromatic rings. The highest BCUT2D eigenvalue weighted by Crippen LogP contribution is 2.33. The number of furan rings is 1. The van der Waals surface area contributed by atoms with Gasteiger partial charge in [-0.25, -0.2) is 0 Å². The molecule has 2 aliphatic rings. The lowest BCUT2D eigenvalue weighted by atomic mass is 9.96. The molecule has 3 rings (SSSR count). The quantitative estimate of drug-likeness (QED) is 0.886. The fraction of sp³-hybridized carbons (Fsp3) is 0.500. The summed E-state index contributed by atoms with van der Waals surface area (Å²) in [5, 5.41) is 6.64. The molecule has 112 valence electrons. The molecule has 0 unspecified atom stereocenters. The maximum absolute atomic E-state index is 12.1. The second-order valence-corrected chi connectivity index (χ2v) is 5.44. The van der Waals surface area contributed by atoms with Crippen LogP contribution >= 0.6 is 0 Å². The molecule has 0 bridgehead atoms. The zero-order valence-electron chi connectivity index (χ0n) is 11.8. The van der Waals surface area contributed by atoms with Crippen molar-refractivity contribution in [3.8, 4) is 0 Å². The van der Waals surface area contributed by atoms with Crippen molar-refractivity contribution in [2.75, 3.05) is 13.1 Å². The minimum Gasteiger partial charge on any atom is -0.467 e. The van der Waals surface area contributed by atoms with E-state index >= 15 is 0 Å². The van der Waals surface area contributed by atoms with Gasteiger partial charge in [0.1, 0.15) is 11.5 Å². The van der Waals surface area contributed by atoms with Crippen molar-refractivity contribution in [2.45, 2.75) is 31.9 Å². The van der Waals surface area contributed by atoms with Crippen LogP contribution in [0.25, 0.3) is 0 Å². The number of hydrogen-bond acceptors (Lipinski definition) is 5. The molecular weight excluding hydrogens is 274 g/mol. The van der Waals surface area contributed by atoms with E-state index in [4.69, 9.17) is 9.25 Å². The Kier molecular flexibility index (Phi) is 3.40. The lowest BCUT2D eigenvalue weighted by Gasteiger charge is -2.20. The average molecular weight is 291 g/mol. The smallest absolute Gasteiger partial charge is 0.269 e. The molecule has 0 saturated carbocycles. The van der Waals surface area contributed by atoms with Crippen molar-refractivity contribution >= 4 is 17.5 Å². The van der Waals surface area contributed by atoms with Crippen LogP contribution in [0.1, 0.15) is 25.5 Å². The Morgan fingerprint density at radius 3 is 3.05 bits per heavy atom. The third kappa shape index (κ3) is 2.76. The fourth-order valence-electron chi connectivity index (χ4n) is 2.66. The van der Waals surface area contributed by atoms with E-state index in [1.807, 2.05) is 0 Å². The topological polar surface area (TPSA) is 84.1 Å². The molecule has 0 radical (unpaired) electrons. The summed E-state index contributed by atoms with van der Waals surface area (Å²) in [5.41, 5.74) is -0.157. The van der Waals surface area contributed by atoms with Crippen LogP contribution in [-0.2, 0) is 21.0 Å². The Hall–Kier alpha value is -2.31. The number of carbonyl (C=O) groups is 2. The molecule has 1 saturated heterocycles. The summed E-state index contributed by atoms with van der Waals surface area (Å²) in [7, 11) is 0. The van der Waals surface area contributed by atoms with Crippen LogP contribution in [-0.4, -0.2) is 41.1 Å². The van der Waals surface area contributed by atoms with E-state index in [1.165, 1.54) is 6.92 Å². The first-order chi connectivity index (χ1) is 10.1. The second-order valence-electron chi connectivity index (χ2n) is 5.44. The van der Waals surface area contributed by atoms with Crippen molar-refractivity contribution in [3.63, 3.8) is 0 Å². The van der Waals surface area contributed by atoms with Gasteiger partial charge in [-0.2, -0.15) is 0 Å². The van der Waals surface area contributed by atoms with Gasteiger partial charge in [0.15, 0.2) is 5.60 Å². The maximum atomic E-state index is 12.1. The number of carbonyl (C=O) groups excluding carboxylic acids is 2. The molecule has 3 heterocycles. The summed E-state index contributed by atoms with van der Waals surface area (Å²) in [4.78, 5) is 30.6. The summed E-state index contributed by atoms with van der Waals surface area (Å²) < 4.78 is 5.15. The number of nitrogens with one attached hydrogen (secondary N) is 1. The van der Waals surface area contributed by atoms with E-state index in [-0.39, 0.29) is 11.8 Å². The van der Waals surface area contributed by atoms with Crippen molar-refractivity contribution in [3.05, 3.63) is 24.2 Å². The van der Waals surface area contributed by atoms with Crippen LogP contribution in [0.3, 0.4) is 0 Å². The first-order valence-corrected chi connectivity index (χ1v) is 6.89. The molecule has 1 N–H and O–H groups in total. The maximum Gasteiger partial charge on any atom is 0.269 e. The Balaban J connectivity index is 1.54. The van der Waals surface area contributed by atoms with Crippen LogP contribution < -0.4 is 5.32 Å². The van der Waals surface area contributed by atoms with E-state index in [9.17, 15) is 9.59 Å². The van der Waals surface area contributed by atoms with Gasteiger partial charge < -0.3 is 19.5 Å². The van der Waals surface area contributed by atoms with Gasteiger partial charge in [-0.3, -0.25) is 9.59 Å². The van der Waals surface area contributed by atoms with E-state index in [0.717, 1.165) is 0 Å². The van der Waals surface area contributed by atoms with Crippen molar-refractivity contribution < 1.29 is 18.8 Å². The highest BCUT2D eigenvalue weighted by Gasteiger charge is 2.47. The predicted molar refractivity (Wildman–Crippen MR) is 73.3 cm³/mol. The molecule has 7 nitrogen and oxygen atoms in total. The molecular formula is C14H17N3O4. The van der Waals surface area contributed by atoms with Crippen LogP contribution in [0, 0.1) is 0 Å². The Labute approximate surface area is 121 Å². The molecule has 1 spiro atoms. The first kappa shape index (κ1) is 13.7. The van der Waals surface area contributed by atoms with Crippen molar-refractivity contribution in [2.24, 2.45) is 5.16 Å². The molecule has 1 fully saturated rings. The second kappa shape index (κ2) is 5.23. The van der Waals surface area contributed by atoms with Gasteiger partial charge in [0.05, 0.1) is 19.4 Å². The Morgan fingerprint density at radius 2 is 2.38 bits per heavy atom. The normalized spacial score (nSPS) is 24.0. The SMILES string of the molecule is CC(=O)N1CC[C@@]2(CC(C(=O)NCc3ccco3)=NO2)C1. The lowest BCUT2D eigenvalue weighted by Crippen LogP contribution is -2.37. The van der Waals surface area contributed by atoms with E-state index in [2.05, 4.69) is 10.5 Å². The van der Waals surface area contributed by atoms with Crippen LogP contribution in [0.5, 0.6) is 0 Å². The lowest BCUT2D eigenvalue weighted by molar-refractivity contribution is -0.129. The zero-order valence-corrected chi connectivity index (χ0v) is 11.8. The standard InChI is InChI=1S/C14H17N3O4/c1-10(18)17-5-4-14(9-17)7-12(16-21-14)13(19)15-8-11-3-2-6-20-11/h2-3,6H,4-5,7-9H2,1H3,(H,15,19)/t14-/m1/s1. The summed E-state index contributed by atoms with van der Waals surface area (Å²) >= 11 is 0. The molecule has 1 aromatic heterocycles. The molecule has 2 amide bonds. The highest BCUT2D eigenvalue weighted by atomic mass is 16.7. The minimum atomic E-state index is -0.525. The van der Waals surface area contributed by atoms with Crippen LogP contribution in [0.2, 0.25) is 0 Å². The summed E-state index contributed by atoms with van der Waals surface area (Å²) in [6, 6.07) is 3.55. The summed E-state index contributed by atoms with van der Waals surface area (Å²) in [6.45, 7) is 2.98. The number of rotatable bonds is 3. The molecule has 1 atom stereocenters. The first-order valence-electron chi connectivity index (χ1n) is 6.89. The molecule has 2 aliphatic heterocycles. The Bertz CT molecular complexity index is 581. The molecule has 0 aromatic carbocycles. The Morgan fingerprint density at radius 1 is 1.52 bits per heavy atom. The number of likely N-dealkylation sites (tertiary alicyclic amines) is 1. The van der Waals surface area contributed by atoms with Crippen LogP contribution in [0.4, 0.5) is 0 Å². The monoisotopic (exact) mass is 291 g/mol. The van der Waals surface area contributed by atoms with Gasteiger partial charge in [-0.1, -0.05) is 5.16 Å². The largest absolute Gasteiger partial charge is 0.467 e. The molecule has 0 aliphatic carbocycles.